The molecule has 0 amide bonds. The van der Waals surface area contributed by atoms with Crippen molar-refractivity contribution in [3.8, 4) is 0 Å². The number of hydrogen-bond acceptors (Lipinski definition) is 3. The molecule has 0 saturated heterocycles. The van der Waals surface area contributed by atoms with Crippen LogP contribution < -0.4 is 10.2 Å². The number of halogens is 1. The van der Waals surface area contributed by atoms with Crippen LogP contribution in [-0.2, 0) is 0 Å². The van der Waals surface area contributed by atoms with Gasteiger partial charge in [-0.3, -0.25) is 0 Å². The molecule has 0 bridgehead atoms. The molecule has 1 aromatic rings. The molecule has 1 unspecified atom stereocenters. The second kappa shape index (κ2) is 2.27. The minimum atomic E-state index is -0.167. The number of aromatic nitrogens is 1. The first-order chi connectivity index (χ1) is 5.29. The highest BCUT2D eigenvalue weighted by Crippen LogP contribution is 2.31. The molecule has 2 rings (SSSR count). The molecule has 1 N–H and O–H groups in total. The van der Waals surface area contributed by atoms with Crippen molar-refractivity contribution in [3.05, 3.63) is 18.3 Å². The minimum absolute atomic E-state index is 0.167. The Bertz CT molecular complexity index is 276. The number of pyridine rings is 1. The topological polar surface area (TPSA) is 28.2 Å². The van der Waals surface area contributed by atoms with Gasteiger partial charge < -0.3 is 10.2 Å². The summed E-state index contributed by atoms with van der Waals surface area (Å²) in [6.45, 7) is 0. The van der Waals surface area contributed by atoms with Gasteiger partial charge in [0, 0.05) is 13.2 Å². The van der Waals surface area contributed by atoms with Crippen LogP contribution in [0.3, 0.4) is 0 Å². The quantitative estimate of drug-likeness (QED) is 0.471. The number of hydrogen-bond donors (Lipinski definition) is 1. The third-order valence-corrected chi connectivity index (χ3v) is 2.14. The zero-order valence-corrected chi connectivity index (χ0v) is 6.84. The monoisotopic (exact) mass is 169 g/mol. The molecule has 1 aromatic heterocycles. The average molecular weight is 170 g/mol. The van der Waals surface area contributed by atoms with Gasteiger partial charge in [0.15, 0.2) is 11.4 Å². The number of rotatable bonds is 0. The Balaban J connectivity index is 2.47. The van der Waals surface area contributed by atoms with Gasteiger partial charge in [0.2, 0.25) is 0 Å². The summed E-state index contributed by atoms with van der Waals surface area (Å²) in [5, 5.41) is 3.08. The van der Waals surface area contributed by atoms with E-state index in [1.807, 2.05) is 24.1 Å². The molecule has 0 aromatic carbocycles. The fourth-order valence-electron chi connectivity index (χ4n) is 1.12. The Kier molecular flexibility index (Phi) is 1.39. The molecule has 1 aliphatic heterocycles. The van der Waals surface area contributed by atoms with Crippen LogP contribution in [0.1, 0.15) is 0 Å². The first-order valence-electron chi connectivity index (χ1n) is 3.37. The van der Waals surface area contributed by atoms with Gasteiger partial charge in [0.25, 0.3) is 0 Å². The van der Waals surface area contributed by atoms with E-state index in [1.54, 1.807) is 6.20 Å². The van der Waals surface area contributed by atoms with E-state index in [2.05, 4.69) is 10.3 Å². The summed E-state index contributed by atoms with van der Waals surface area (Å²) < 4.78 is 0. The van der Waals surface area contributed by atoms with Crippen molar-refractivity contribution in [2.75, 3.05) is 17.3 Å². The van der Waals surface area contributed by atoms with Crippen molar-refractivity contribution in [1.29, 1.82) is 0 Å². The molecule has 0 fully saturated rings. The van der Waals surface area contributed by atoms with E-state index in [4.69, 9.17) is 11.6 Å². The van der Waals surface area contributed by atoms with Crippen molar-refractivity contribution < 1.29 is 0 Å². The predicted molar refractivity (Wildman–Crippen MR) is 45.9 cm³/mol. The van der Waals surface area contributed by atoms with E-state index < -0.39 is 0 Å². The van der Waals surface area contributed by atoms with Crippen LogP contribution in [-0.4, -0.2) is 17.7 Å². The predicted octanol–water partition coefficient (Wildman–Crippen LogP) is 1.47. The molecule has 1 atom stereocenters. The van der Waals surface area contributed by atoms with Gasteiger partial charge in [-0.25, -0.2) is 4.98 Å². The Morgan fingerprint density at radius 3 is 3.27 bits per heavy atom. The molecule has 0 saturated carbocycles. The Morgan fingerprint density at radius 2 is 2.55 bits per heavy atom. The highest BCUT2D eigenvalue weighted by molar-refractivity contribution is 6.23. The first-order valence-corrected chi connectivity index (χ1v) is 3.81. The molecule has 0 aliphatic carbocycles. The number of nitrogens with one attached hydrogen (secondary N) is 1. The number of alkyl halides is 1. The van der Waals surface area contributed by atoms with E-state index >= 15 is 0 Å². The highest BCUT2D eigenvalue weighted by Gasteiger charge is 2.23. The van der Waals surface area contributed by atoms with Crippen LogP contribution in [0.25, 0.3) is 0 Å². The largest absolute Gasteiger partial charge is 0.350 e. The van der Waals surface area contributed by atoms with Crippen LogP contribution in [0.5, 0.6) is 0 Å². The van der Waals surface area contributed by atoms with Crippen LogP contribution in [0, 0.1) is 0 Å². The molecule has 2 heterocycles. The molecule has 0 radical (unpaired) electrons. The molecule has 4 heteroatoms. The molecular formula is C7H8ClN3. The normalized spacial score (nSPS) is 21.3. The van der Waals surface area contributed by atoms with Crippen molar-refractivity contribution in [1.82, 2.24) is 4.98 Å². The van der Waals surface area contributed by atoms with Crippen molar-refractivity contribution in [3.63, 3.8) is 0 Å². The van der Waals surface area contributed by atoms with Crippen molar-refractivity contribution in [2.45, 2.75) is 5.62 Å². The highest BCUT2D eigenvalue weighted by atomic mass is 35.5. The lowest BCUT2D eigenvalue weighted by Gasteiger charge is -2.13. The van der Waals surface area contributed by atoms with E-state index in [9.17, 15) is 0 Å². The molecule has 3 nitrogen and oxygen atoms in total. The van der Waals surface area contributed by atoms with Crippen molar-refractivity contribution in [2.24, 2.45) is 0 Å². The summed E-state index contributed by atoms with van der Waals surface area (Å²) in [6, 6.07) is 3.84. The maximum absolute atomic E-state index is 5.90. The molecule has 0 spiro atoms. The molecule has 58 valence electrons. The zero-order chi connectivity index (χ0) is 7.84. The molecule has 1 aliphatic rings. The third kappa shape index (κ3) is 0.922. The summed E-state index contributed by atoms with van der Waals surface area (Å²) in [5.74, 6) is 0.910. The van der Waals surface area contributed by atoms with Crippen LogP contribution >= 0.6 is 11.6 Å². The van der Waals surface area contributed by atoms with Gasteiger partial charge in [-0.1, -0.05) is 11.6 Å². The summed E-state index contributed by atoms with van der Waals surface area (Å²) in [7, 11) is 1.91. The van der Waals surface area contributed by atoms with Crippen LogP contribution in [0.2, 0.25) is 0 Å². The summed E-state index contributed by atoms with van der Waals surface area (Å²) in [6.07, 6.45) is 1.76. The zero-order valence-electron chi connectivity index (χ0n) is 6.08. The van der Waals surface area contributed by atoms with E-state index in [0.29, 0.717) is 0 Å². The third-order valence-electron chi connectivity index (χ3n) is 1.74. The van der Waals surface area contributed by atoms with Crippen molar-refractivity contribution >= 4 is 23.1 Å². The minimum Gasteiger partial charge on any atom is -0.350 e. The smallest absolute Gasteiger partial charge is 0.178 e. The maximum atomic E-state index is 5.90. The van der Waals surface area contributed by atoms with Gasteiger partial charge in [-0.15, -0.1) is 0 Å². The lowest BCUT2D eigenvalue weighted by atomic mass is 10.4. The van der Waals surface area contributed by atoms with Crippen LogP contribution in [0.4, 0.5) is 11.5 Å². The lowest BCUT2D eigenvalue weighted by molar-refractivity contribution is 0.942. The Hall–Kier alpha value is -0.960. The average Bonchev–Trinajstić information content (AvgIpc) is 2.30. The number of fused-ring (bicyclic) bond motifs is 1. The number of nitrogens with zero attached hydrogens (tertiary/aromatic N) is 2. The SMILES string of the molecule is CN1c2ncccc2NC1Cl. The molecular weight excluding hydrogens is 162 g/mol. The first kappa shape index (κ1) is 6.73. The summed E-state index contributed by atoms with van der Waals surface area (Å²) >= 11 is 5.90. The summed E-state index contributed by atoms with van der Waals surface area (Å²) in [4.78, 5) is 6.06. The second-order valence-corrected chi connectivity index (χ2v) is 2.88. The van der Waals surface area contributed by atoms with E-state index in [1.165, 1.54) is 0 Å². The lowest BCUT2D eigenvalue weighted by Crippen LogP contribution is -2.26. The second-order valence-electron chi connectivity index (χ2n) is 2.47. The Morgan fingerprint density at radius 1 is 1.73 bits per heavy atom. The summed E-state index contributed by atoms with van der Waals surface area (Å²) in [5.41, 5.74) is 0.829. The van der Waals surface area contributed by atoms with Crippen LogP contribution in [0.15, 0.2) is 18.3 Å². The van der Waals surface area contributed by atoms with E-state index in [-0.39, 0.29) is 5.62 Å². The fourth-order valence-corrected chi connectivity index (χ4v) is 1.33. The van der Waals surface area contributed by atoms with Gasteiger partial charge in [0.05, 0.1) is 5.69 Å². The fraction of sp³-hybridized carbons (Fsp3) is 0.286. The molecule has 11 heavy (non-hydrogen) atoms. The van der Waals surface area contributed by atoms with Gasteiger partial charge in [0.1, 0.15) is 0 Å². The van der Waals surface area contributed by atoms with Gasteiger partial charge in [-0.05, 0) is 12.1 Å². The van der Waals surface area contributed by atoms with Gasteiger partial charge >= 0.3 is 0 Å². The van der Waals surface area contributed by atoms with E-state index in [0.717, 1.165) is 11.5 Å². The number of anilines is 2. The standard InChI is InChI=1S/C7H8ClN3/c1-11-6-5(10-7(11)8)3-2-4-9-6/h2-4,7,10H,1H3. The maximum Gasteiger partial charge on any atom is 0.178 e. The Labute approximate surface area is 70.0 Å². The van der Waals surface area contributed by atoms with Gasteiger partial charge in [-0.2, -0.15) is 0 Å².